The second-order valence-electron chi connectivity index (χ2n) is 4.49. The van der Waals surface area contributed by atoms with Gasteiger partial charge in [0, 0.05) is 27.0 Å². The highest BCUT2D eigenvalue weighted by Gasteiger charge is 2.05. The minimum Gasteiger partial charge on any atom is -0.376 e. The maximum Gasteiger partial charge on any atom is 0.259 e. The van der Waals surface area contributed by atoms with Gasteiger partial charge in [-0.1, -0.05) is 31.9 Å². The van der Waals surface area contributed by atoms with Gasteiger partial charge in [0.05, 0.1) is 12.8 Å². The largest absolute Gasteiger partial charge is 0.376 e. The molecule has 0 radical (unpaired) electrons. The molecular weight excluding hydrogens is 412 g/mol. The summed E-state index contributed by atoms with van der Waals surface area (Å²) in [6, 6.07) is 7.45. The summed E-state index contributed by atoms with van der Waals surface area (Å²) in [5, 5.41) is 6.94. The minimum atomic E-state index is -0.224. The highest BCUT2D eigenvalue weighted by molar-refractivity contribution is 9.11. The summed E-state index contributed by atoms with van der Waals surface area (Å²) >= 11 is 6.95. The van der Waals surface area contributed by atoms with Crippen molar-refractivity contribution in [3.8, 4) is 0 Å². The third-order valence-corrected chi connectivity index (χ3v) is 4.49. The van der Waals surface area contributed by atoms with Crippen LogP contribution in [0.3, 0.4) is 0 Å². The molecule has 0 bridgehead atoms. The average molecular weight is 426 g/mol. The van der Waals surface area contributed by atoms with Gasteiger partial charge in [-0.15, -0.1) is 0 Å². The van der Waals surface area contributed by atoms with Crippen LogP contribution in [-0.4, -0.2) is 23.7 Å². The van der Waals surface area contributed by atoms with Crippen molar-refractivity contribution in [3.05, 3.63) is 56.7 Å². The van der Waals surface area contributed by atoms with Gasteiger partial charge < -0.3 is 5.32 Å². The zero-order valence-corrected chi connectivity index (χ0v) is 15.0. The fraction of sp³-hybridized carbons (Fsp3) is 0.133. The molecule has 0 atom stereocenters. The van der Waals surface area contributed by atoms with E-state index in [4.69, 9.17) is 0 Å². The minimum absolute atomic E-state index is 0.135. The maximum atomic E-state index is 11.7. The monoisotopic (exact) mass is 424 g/mol. The zero-order valence-electron chi connectivity index (χ0n) is 11.8. The molecule has 1 aromatic heterocycles. The Morgan fingerprint density at radius 3 is 2.55 bits per heavy atom. The quantitative estimate of drug-likeness (QED) is 0.569. The molecule has 5 nitrogen and oxygen atoms in total. The van der Waals surface area contributed by atoms with Gasteiger partial charge in [-0.3, -0.25) is 9.78 Å². The summed E-state index contributed by atoms with van der Waals surface area (Å²) < 4.78 is 1.95. The number of hydrogen-bond donors (Lipinski definition) is 2. The summed E-state index contributed by atoms with van der Waals surface area (Å²) in [6.07, 6.45) is 4.90. The fourth-order valence-electron chi connectivity index (χ4n) is 1.60. The van der Waals surface area contributed by atoms with Crippen molar-refractivity contribution in [2.75, 3.05) is 11.9 Å². The molecule has 0 unspecified atom stereocenters. The van der Waals surface area contributed by atoms with Crippen LogP contribution in [0.4, 0.5) is 5.69 Å². The van der Waals surface area contributed by atoms with Gasteiger partial charge in [0.15, 0.2) is 0 Å². The first-order valence-corrected chi connectivity index (χ1v) is 8.06. The molecule has 1 amide bonds. The first-order valence-electron chi connectivity index (χ1n) is 6.47. The van der Waals surface area contributed by atoms with Gasteiger partial charge in [-0.05, 0) is 42.3 Å². The molecule has 0 aliphatic carbocycles. The lowest BCUT2D eigenvalue weighted by Crippen LogP contribution is -2.25. The Hall–Kier alpha value is -1.73. The maximum absolute atomic E-state index is 11.7. The number of pyridine rings is 1. The van der Waals surface area contributed by atoms with Crippen molar-refractivity contribution < 1.29 is 4.79 Å². The first kappa shape index (κ1) is 16.6. The number of nitrogens with zero attached hydrogens (tertiary/aromatic N) is 2. The number of hydrazone groups is 1. The fourth-order valence-corrected chi connectivity index (χ4v) is 2.78. The predicted octanol–water partition coefficient (Wildman–Crippen LogP) is 3.48. The van der Waals surface area contributed by atoms with E-state index in [2.05, 4.69) is 52.7 Å². The Balaban J connectivity index is 1.84. The molecule has 0 saturated heterocycles. The summed E-state index contributed by atoms with van der Waals surface area (Å²) in [5.41, 5.74) is 5.29. The highest BCUT2D eigenvalue weighted by Crippen LogP contribution is 2.28. The Bertz CT molecular complexity index is 666. The summed E-state index contributed by atoms with van der Waals surface area (Å²) in [5.74, 6) is -0.224. The van der Waals surface area contributed by atoms with E-state index in [9.17, 15) is 4.79 Å². The normalized spacial score (nSPS) is 10.7. The number of carbonyl (C=O) groups excluding carboxylic acids is 1. The molecule has 0 spiro atoms. The van der Waals surface area contributed by atoms with Gasteiger partial charge >= 0.3 is 0 Å². The van der Waals surface area contributed by atoms with Crippen molar-refractivity contribution in [1.29, 1.82) is 0 Å². The Morgan fingerprint density at radius 2 is 1.91 bits per heavy atom. The van der Waals surface area contributed by atoms with Crippen LogP contribution in [0.2, 0.25) is 0 Å². The molecule has 1 aromatic carbocycles. The standard InChI is InChI=1S/C15H14Br2N4O/c1-10-13(16)6-12(7-14(10)17)19-9-15(22)21-20-8-11-2-4-18-5-3-11/h2-8,19H,9H2,1H3,(H,21,22)/b20-8-. The molecule has 0 saturated carbocycles. The lowest BCUT2D eigenvalue weighted by molar-refractivity contribution is -0.119. The van der Waals surface area contributed by atoms with Gasteiger partial charge in [0.2, 0.25) is 0 Å². The van der Waals surface area contributed by atoms with Crippen LogP contribution in [0.25, 0.3) is 0 Å². The predicted molar refractivity (Wildman–Crippen MR) is 95.0 cm³/mol. The van der Waals surface area contributed by atoms with Crippen LogP contribution in [0, 0.1) is 6.92 Å². The molecule has 2 N–H and O–H groups in total. The molecule has 0 aliphatic rings. The number of halogens is 2. The van der Waals surface area contributed by atoms with E-state index < -0.39 is 0 Å². The topological polar surface area (TPSA) is 66.4 Å². The number of rotatable bonds is 5. The molecule has 1 heterocycles. The number of amides is 1. The van der Waals surface area contributed by atoms with Crippen LogP contribution in [0.15, 0.2) is 50.7 Å². The van der Waals surface area contributed by atoms with E-state index in [1.807, 2.05) is 19.1 Å². The number of aromatic nitrogens is 1. The Morgan fingerprint density at radius 1 is 1.27 bits per heavy atom. The molecule has 7 heteroatoms. The van der Waals surface area contributed by atoms with Gasteiger partial charge in [0.1, 0.15) is 0 Å². The third-order valence-electron chi connectivity index (χ3n) is 2.84. The van der Waals surface area contributed by atoms with Crippen molar-refractivity contribution >= 4 is 49.7 Å². The zero-order chi connectivity index (χ0) is 15.9. The Labute approximate surface area is 145 Å². The van der Waals surface area contributed by atoms with Gasteiger partial charge in [0.25, 0.3) is 5.91 Å². The number of carbonyl (C=O) groups is 1. The molecule has 22 heavy (non-hydrogen) atoms. The SMILES string of the molecule is Cc1c(Br)cc(NCC(=O)N/N=C\c2ccncc2)cc1Br. The smallest absolute Gasteiger partial charge is 0.259 e. The van der Waals surface area contributed by atoms with Crippen LogP contribution < -0.4 is 10.7 Å². The van der Waals surface area contributed by atoms with E-state index in [0.29, 0.717) is 0 Å². The number of benzene rings is 1. The van der Waals surface area contributed by atoms with Crippen molar-refractivity contribution in [3.63, 3.8) is 0 Å². The lowest BCUT2D eigenvalue weighted by Gasteiger charge is -2.09. The number of hydrogen-bond acceptors (Lipinski definition) is 4. The van der Waals surface area contributed by atoms with E-state index in [-0.39, 0.29) is 12.5 Å². The first-order chi connectivity index (χ1) is 10.6. The molecule has 114 valence electrons. The van der Waals surface area contributed by atoms with E-state index >= 15 is 0 Å². The number of anilines is 1. The summed E-state index contributed by atoms with van der Waals surface area (Å²) in [6.45, 7) is 2.13. The van der Waals surface area contributed by atoms with Crippen molar-refractivity contribution in [2.45, 2.75) is 6.92 Å². The molecule has 2 rings (SSSR count). The second kappa shape index (κ2) is 8.05. The van der Waals surface area contributed by atoms with E-state index in [1.165, 1.54) is 0 Å². The highest BCUT2D eigenvalue weighted by atomic mass is 79.9. The molecule has 0 aliphatic heterocycles. The number of nitrogens with one attached hydrogen (secondary N) is 2. The van der Waals surface area contributed by atoms with Gasteiger partial charge in [-0.2, -0.15) is 5.10 Å². The van der Waals surface area contributed by atoms with E-state index in [0.717, 1.165) is 25.8 Å². The molecular formula is C15H14Br2N4O. The van der Waals surface area contributed by atoms with Crippen LogP contribution in [-0.2, 0) is 4.79 Å². The van der Waals surface area contributed by atoms with Crippen molar-refractivity contribution in [2.24, 2.45) is 5.10 Å². The molecule has 2 aromatic rings. The third kappa shape index (κ3) is 4.92. The molecule has 0 fully saturated rings. The lowest BCUT2D eigenvalue weighted by atomic mass is 10.2. The van der Waals surface area contributed by atoms with E-state index in [1.54, 1.807) is 30.7 Å². The van der Waals surface area contributed by atoms with Crippen LogP contribution in [0.1, 0.15) is 11.1 Å². The summed E-state index contributed by atoms with van der Waals surface area (Å²) in [7, 11) is 0. The average Bonchev–Trinajstić information content (AvgIpc) is 2.51. The van der Waals surface area contributed by atoms with Gasteiger partial charge in [-0.25, -0.2) is 5.43 Å². The van der Waals surface area contributed by atoms with Crippen LogP contribution in [0.5, 0.6) is 0 Å². The Kier molecular flexibility index (Phi) is 6.09. The van der Waals surface area contributed by atoms with Crippen LogP contribution >= 0.6 is 31.9 Å². The summed E-state index contributed by atoms with van der Waals surface area (Å²) in [4.78, 5) is 15.6. The van der Waals surface area contributed by atoms with Crippen molar-refractivity contribution in [1.82, 2.24) is 10.4 Å². The second-order valence-corrected chi connectivity index (χ2v) is 6.20.